The highest BCUT2D eigenvalue weighted by atomic mass is 32.2. The minimum absolute atomic E-state index is 0.0624. The van der Waals surface area contributed by atoms with Crippen LogP contribution in [0.3, 0.4) is 0 Å². The largest absolute Gasteiger partial charge is 0.319 e. The maximum atomic E-state index is 12.6. The molecule has 96 valence electrons. The van der Waals surface area contributed by atoms with Gasteiger partial charge in [0.15, 0.2) is 0 Å². The van der Waals surface area contributed by atoms with Crippen molar-refractivity contribution in [3.05, 3.63) is 35.6 Å². The molecule has 1 aromatic rings. The standard InChI is InChI=1S/C11H17FN2O2S/c1-13-8-9-17(15,16)14-7-6-10-2-4-11(12)5-3-10/h2-5,13-14H,6-9H2,1H3. The van der Waals surface area contributed by atoms with Gasteiger partial charge in [0.2, 0.25) is 10.0 Å². The summed E-state index contributed by atoms with van der Waals surface area (Å²) in [6, 6.07) is 6.03. The first kappa shape index (κ1) is 14.1. The summed E-state index contributed by atoms with van der Waals surface area (Å²) >= 11 is 0. The highest BCUT2D eigenvalue weighted by molar-refractivity contribution is 7.89. The van der Waals surface area contributed by atoms with Crippen molar-refractivity contribution in [2.45, 2.75) is 6.42 Å². The second kappa shape index (κ2) is 6.68. The van der Waals surface area contributed by atoms with Gasteiger partial charge in [-0.3, -0.25) is 0 Å². The Hall–Kier alpha value is -0.980. The van der Waals surface area contributed by atoms with Gasteiger partial charge in [0.1, 0.15) is 5.82 Å². The number of sulfonamides is 1. The molecule has 1 aromatic carbocycles. The van der Waals surface area contributed by atoms with Gasteiger partial charge in [-0.1, -0.05) is 12.1 Å². The van der Waals surface area contributed by atoms with E-state index in [0.29, 0.717) is 19.5 Å². The van der Waals surface area contributed by atoms with E-state index in [2.05, 4.69) is 10.0 Å². The van der Waals surface area contributed by atoms with Crippen molar-refractivity contribution in [2.24, 2.45) is 0 Å². The summed E-state index contributed by atoms with van der Waals surface area (Å²) in [5, 5.41) is 2.78. The minimum Gasteiger partial charge on any atom is -0.319 e. The van der Waals surface area contributed by atoms with E-state index in [1.807, 2.05) is 0 Å². The Kier molecular flexibility index (Phi) is 5.54. The van der Waals surface area contributed by atoms with Crippen LogP contribution < -0.4 is 10.0 Å². The first-order valence-electron chi connectivity index (χ1n) is 5.40. The molecule has 0 bridgehead atoms. The van der Waals surface area contributed by atoms with Crippen LogP contribution in [0.2, 0.25) is 0 Å². The Morgan fingerprint density at radius 1 is 1.18 bits per heavy atom. The fourth-order valence-electron chi connectivity index (χ4n) is 1.31. The van der Waals surface area contributed by atoms with Gasteiger partial charge in [-0.2, -0.15) is 0 Å². The van der Waals surface area contributed by atoms with Crippen LogP contribution in [0.1, 0.15) is 5.56 Å². The monoisotopic (exact) mass is 260 g/mol. The van der Waals surface area contributed by atoms with Crippen LogP contribution in [-0.2, 0) is 16.4 Å². The quantitative estimate of drug-likeness (QED) is 0.751. The van der Waals surface area contributed by atoms with Gasteiger partial charge in [0, 0.05) is 13.1 Å². The zero-order valence-electron chi connectivity index (χ0n) is 9.74. The zero-order chi connectivity index (χ0) is 12.7. The Balaban J connectivity index is 2.34. The average molecular weight is 260 g/mol. The lowest BCUT2D eigenvalue weighted by atomic mass is 10.1. The predicted molar refractivity (Wildman–Crippen MR) is 65.8 cm³/mol. The van der Waals surface area contributed by atoms with Crippen molar-refractivity contribution < 1.29 is 12.8 Å². The van der Waals surface area contributed by atoms with Crippen LogP contribution >= 0.6 is 0 Å². The number of halogens is 1. The normalized spacial score (nSPS) is 11.6. The molecule has 0 atom stereocenters. The molecule has 0 saturated heterocycles. The summed E-state index contributed by atoms with van der Waals surface area (Å²) in [5.41, 5.74) is 0.905. The first-order valence-corrected chi connectivity index (χ1v) is 7.05. The molecule has 17 heavy (non-hydrogen) atoms. The van der Waals surface area contributed by atoms with E-state index in [9.17, 15) is 12.8 Å². The number of hydrogen-bond donors (Lipinski definition) is 2. The number of benzene rings is 1. The smallest absolute Gasteiger partial charge is 0.212 e. The first-order chi connectivity index (χ1) is 8.03. The summed E-state index contributed by atoms with van der Waals surface area (Å²) in [6.45, 7) is 0.754. The van der Waals surface area contributed by atoms with Crippen molar-refractivity contribution in [3.8, 4) is 0 Å². The van der Waals surface area contributed by atoms with Crippen LogP contribution in [0, 0.1) is 5.82 Å². The van der Waals surface area contributed by atoms with Crippen LogP contribution in [-0.4, -0.2) is 34.3 Å². The molecular formula is C11H17FN2O2S. The SMILES string of the molecule is CNCCS(=O)(=O)NCCc1ccc(F)cc1. The second-order valence-electron chi connectivity index (χ2n) is 3.69. The fourth-order valence-corrected chi connectivity index (χ4v) is 2.34. The lowest BCUT2D eigenvalue weighted by molar-refractivity contribution is 0.579. The lowest BCUT2D eigenvalue weighted by Crippen LogP contribution is -2.32. The van der Waals surface area contributed by atoms with Crippen molar-refractivity contribution in [1.29, 1.82) is 0 Å². The number of rotatable bonds is 7. The topological polar surface area (TPSA) is 58.2 Å². The van der Waals surface area contributed by atoms with Crippen LogP contribution in [0.5, 0.6) is 0 Å². The lowest BCUT2D eigenvalue weighted by Gasteiger charge is -2.06. The Labute approximate surface area is 101 Å². The molecule has 0 spiro atoms. The summed E-state index contributed by atoms with van der Waals surface area (Å²) < 4.78 is 38.0. The molecule has 0 amide bonds. The van der Waals surface area contributed by atoms with Gasteiger partial charge in [-0.05, 0) is 31.2 Å². The van der Waals surface area contributed by atoms with Crippen molar-refractivity contribution in [3.63, 3.8) is 0 Å². The summed E-state index contributed by atoms with van der Waals surface area (Å²) in [7, 11) is -1.51. The van der Waals surface area contributed by atoms with Crippen LogP contribution in [0.4, 0.5) is 4.39 Å². The zero-order valence-corrected chi connectivity index (χ0v) is 10.6. The van der Waals surface area contributed by atoms with Gasteiger partial charge >= 0.3 is 0 Å². The third-order valence-electron chi connectivity index (χ3n) is 2.27. The molecule has 0 unspecified atom stereocenters. The molecule has 0 aromatic heterocycles. The van der Waals surface area contributed by atoms with E-state index in [-0.39, 0.29) is 11.6 Å². The molecule has 6 heteroatoms. The Morgan fingerprint density at radius 3 is 2.41 bits per heavy atom. The summed E-state index contributed by atoms with van der Waals surface area (Å²) in [5.74, 6) is -0.226. The Bertz CT molecular complexity index is 431. The van der Waals surface area contributed by atoms with Crippen molar-refractivity contribution in [2.75, 3.05) is 25.9 Å². The van der Waals surface area contributed by atoms with Crippen LogP contribution in [0.15, 0.2) is 24.3 Å². The average Bonchev–Trinajstić information content (AvgIpc) is 2.29. The van der Waals surface area contributed by atoms with E-state index in [1.165, 1.54) is 12.1 Å². The molecule has 0 heterocycles. The molecule has 4 nitrogen and oxygen atoms in total. The molecule has 0 aliphatic carbocycles. The highest BCUT2D eigenvalue weighted by Crippen LogP contribution is 2.02. The van der Waals surface area contributed by atoms with Gasteiger partial charge in [0.05, 0.1) is 5.75 Å². The van der Waals surface area contributed by atoms with E-state index in [4.69, 9.17) is 0 Å². The van der Waals surface area contributed by atoms with E-state index in [1.54, 1.807) is 19.2 Å². The van der Waals surface area contributed by atoms with Gasteiger partial charge in [-0.25, -0.2) is 17.5 Å². The van der Waals surface area contributed by atoms with Crippen molar-refractivity contribution in [1.82, 2.24) is 10.0 Å². The fraction of sp³-hybridized carbons (Fsp3) is 0.455. The van der Waals surface area contributed by atoms with Crippen LogP contribution in [0.25, 0.3) is 0 Å². The molecule has 0 fully saturated rings. The minimum atomic E-state index is -3.21. The molecule has 2 N–H and O–H groups in total. The molecule has 0 aliphatic rings. The van der Waals surface area contributed by atoms with Crippen molar-refractivity contribution >= 4 is 10.0 Å². The summed E-state index contributed by atoms with van der Waals surface area (Å²) in [4.78, 5) is 0. The summed E-state index contributed by atoms with van der Waals surface area (Å²) in [6.07, 6.45) is 0.555. The molecule has 1 rings (SSSR count). The number of hydrogen-bond acceptors (Lipinski definition) is 3. The highest BCUT2D eigenvalue weighted by Gasteiger charge is 2.07. The second-order valence-corrected chi connectivity index (χ2v) is 5.62. The maximum Gasteiger partial charge on any atom is 0.212 e. The van der Waals surface area contributed by atoms with Gasteiger partial charge in [-0.15, -0.1) is 0 Å². The van der Waals surface area contributed by atoms with E-state index < -0.39 is 10.0 Å². The third kappa shape index (κ3) is 5.76. The molecule has 0 saturated carbocycles. The van der Waals surface area contributed by atoms with Gasteiger partial charge < -0.3 is 5.32 Å². The van der Waals surface area contributed by atoms with E-state index in [0.717, 1.165) is 5.56 Å². The predicted octanol–water partition coefficient (Wildman–Crippen LogP) is 0.507. The Morgan fingerprint density at radius 2 is 1.82 bits per heavy atom. The van der Waals surface area contributed by atoms with E-state index >= 15 is 0 Å². The molecular weight excluding hydrogens is 243 g/mol. The molecule has 0 aliphatic heterocycles. The third-order valence-corrected chi connectivity index (χ3v) is 3.66. The van der Waals surface area contributed by atoms with Gasteiger partial charge in [0.25, 0.3) is 0 Å². The number of nitrogens with one attached hydrogen (secondary N) is 2. The molecule has 0 radical (unpaired) electrons. The maximum absolute atomic E-state index is 12.6.